The molecule has 5 rings (SSSR count). The number of nitrogens with one attached hydrogen (secondary N) is 1. The number of aromatic nitrogens is 2. The molecule has 10 heteroatoms. The van der Waals surface area contributed by atoms with Crippen molar-refractivity contribution in [3.05, 3.63) is 64.7 Å². The van der Waals surface area contributed by atoms with Gasteiger partial charge in [-0.3, -0.25) is 9.59 Å². The molecule has 3 aliphatic rings. The van der Waals surface area contributed by atoms with Gasteiger partial charge < -0.3 is 25.7 Å². The van der Waals surface area contributed by atoms with Crippen molar-refractivity contribution in [3.63, 3.8) is 0 Å². The molecule has 2 aromatic rings. The van der Waals surface area contributed by atoms with Crippen molar-refractivity contribution in [1.82, 2.24) is 9.66 Å². The Kier molecular flexibility index (Phi) is 7.96. The summed E-state index contributed by atoms with van der Waals surface area (Å²) in [5, 5.41) is 11.7. The fraction of sp³-hybridized carbons (Fsp3) is 0.576. The molecule has 2 heterocycles. The molecule has 0 saturated heterocycles. The number of nitrogens with zero attached hydrogens (tertiary/aromatic N) is 2. The number of hydrogen-bond donors (Lipinski definition) is 3. The van der Waals surface area contributed by atoms with Crippen LogP contribution in [-0.4, -0.2) is 45.8 Å². The minimum atomic E-state index is -0.767. The molecule has 2 bridgehead atoms. The van der Waals surface area contributed by atoms with Gasteiger partial charge in [-0.2, -0.15) is 0 Å². The fourth-order valence-corrected chi connectivity index (χ4v) is 8.41. The van der Waals surface area contributed by atoms with Crippen LogP contribution in [0.3, 0.4) is 0 Å². The molecule has 2 unspecified atom stereocenters. The molecule has 0 spiro atoms. The van der Waals surface area contributed by atoms with Gasteiger partial charge in [0.25, 0.3) is 5.56 Å². The summed E-state index contributed by atoms with van der Waals surface area (Å²) < 4.78 is 12.7. The zero-order chi connectivity index (χ0) is 31.3. The van der Waals surface area contributed by atoms with Gasteiger partial charge in [0.2, 0.25) is 0 Å². The smallest absolute Gasteiger partial charge is 0.344 e. The number of aliphatic hydroxyl groups excluding tert-OH is 1. The Labute approximate surface area is 252 Å². The zero-order valence-corrected chi connectivity index (χ0v) is 25.8. The molecule has 0 aromatic carbocycles. The molecule has 3 aliphatic carbocycles. The molecule has 8 atom stereocenters. The van der Waals surface area contributed by atoms with E-state index in [1.807, 2.05) is 6.92 Å². The molecular formula is C33H44N4O6. The molecular weight excluding hydrogens is 548 g/mol. The van der Waals surface area contributed by atoms with Gasteiger partial charge >= 0.3 is 5.97 Å². The van der Waals surface area contributed by atoms with E-state index in [1.165, 1.54) is 24.0 Å². The summed E-state index contributed by atoms with van der Waals surface area (Å²) in [5.41, 5.74) is 6.93. The number of carbonyl (C=O) groups excluding carboxylic acids is 2. The number of esters is 1. The lowest BCUT2D eigenvalue weighted by atomic mass is 9.44. The lowest BCUT2D eigenvalue weighted by molar-refractivity contribution is -0.192. The molecule has 3 fully saturated rings. The molecule has 4 N–H and O–H groups in total. The van der Waals surface area contributed by atoms with Crippen LogP contribution in [0.25, 0.3) is 0 Å². The van der Waals surface area contributed by atoms with Crippen molar-refractivity contribution in [3.8, 4) is 5.75 Å². The SMILES string of the molecule is C=C[C@]1(C)C[C@@H](OC(=O)c2cccn(NCc3ccc(OC)c(N)n3)c2=O)[C@]2(C)C(C)CC[C@]3(CCC(=O)C32)[C@@H](C)[C@@H]1O. The number of methoxy groups -OCH3 is 1. The van der Waals surface area contributed by atoms with Crippen molar-refractivity contribution in [2.75, 3.05) is 18.3 Å². The van der Waals surface area contributed by atoms with Crippen LogP contribution >= 0.6 is 0 Å². The molecule has 2 aromatic heterocycles. The van der Waals surface area contributed by atoms with Crippen LogP contribution in [0.15, 0.2) is 47.9 Å². The maximum absolute atomic E-state index is 13.8. The van der Waals surface area contributed by atoms with E-state index in [0.29, 0.717) is 24.3 Å². The summed E-state index contributed by atoms with van der Waals surface area (Å²) in [6.07, 6.45) is 4.96. The van der Waals surface area contributed by atoms with E-state index in [9.17, 15) is 19.5 Å². The summed E-state index contributed by atoms with van der Waals surface area (Å²) in [7, 11) is 1.50. The second-order valence-electron chi connectivity index (χ2n) is 13.3. The highest BCUT2D eigenvalue weighted by molar-refractivity contribution is 5.89. The standard InChI is InChI=1S/C33H44N4O6/c1-7-31(4)17-25(32(5)19(2)12-14-33(20(3)27(31)39)15-13-23(38)26(32)33)43-30(41)22-9-8-16-37(29(22)40)35-18-21-10-11-24(42-6)28(34)36-21/h7-11,16,19-20,25-27,35,39H,1,12-15,17-18H2,2-6H3,(H2,34,36)/t19?,20-,25+,26?,27-,31+,32-,33-/m0/s1. The van der Waals surface area contributed by atoms with Crippen LogP contribution in [-0.2, 0) is 16.1 Å². The Morgan fingerprint density at radius 3 is 2.67 bits per heavy atom. The number of carbonyl (C=O) groups is 2. The minimum Gasteiger partial charge on any atom is -0.493 e. The largest absolute Gasteiger partial charge is 0.493 e. The van der Waals surface area contributed by atoms with E-state index in [0.717, 1.165) is 12.8 Å². The highest BCUT2D eigenvalue weighted by Crippen LogP contribution is 2.68. The van der Waals surface area contributed by atoms with Crippen molar-refractivity contribution < 1.29 is 24.2 Å². The summed E-state index contributed by atoms with van der Waals surface area (Å²) in [5.74, 6) is -0.297. The molecule has 0 radical (unpaired) electrons. The second kappa shape index (κ2) is 11.1. The van der Waals surface area contributed by atoms with Gasteiger partial charge in [-0.15, -0.1) is 6.58 Å². The van der Waals surface area contributed by atoms with Gasteiger partial charge in [0.15, 0.2) is 11.6 Å². The third-order valence-corrected chi connectivity index (χ3v) is 11.3. The Bertz CT molecular complexity index is 1490. The number of aliphatic hydroxyl groups is 1. The molecule has 0 amide bonds. The van der Waals surface area contributed by atoms with E-state index in [4.69, 9.17) is 15.2 Å². The zero-order valence-electron chi connectivity index (χ0n) is 25.8. The van der Waals surface area contributed by atoms with Crippen molar-refractivity contribution in [2.45, 2.75) is 78.6 Å². The fourth-order valence-electron chi connectivity index (χ4n) is 8.41. The van der Waals surface area contributed by atoms with E-state index < -0.39 is 34.6 Å². The molecule has 10 nitrogen and oxygen atoms in total. The number of rotatable bonds is 7. The summed E-state index contributed by atoms with van der Waals surface area (Å²) in [6.45, 7) is 12.4. The number of hydrogen-bond acceptors (Lipinski definition) is 9. The Morgan fingerprint density at radius 2 is 2.00 bits per heavy atom. The predicted molar refractivity (Wildman–Crippen MR) is 163 cm³/mol. The van der Waals surface area contributed by atoms with Gasteiger partial charge in [0.1, 0.15) is 17.5 Å². The Morgan fingerprint density at radius 1 is 1.26 bits per heavy atom. The predicted octanol–water partition coefficient (Wildman–Crippen LogP) is 4.10. The number of nitrogens with two attached hydrogens (primary N) is 1. The van der Waals surface area contributed by atoms with Gasteiger partial charge in [-0.25, -0.2) is 14.5 Å². The first-order valence-corrected chi connectivity index (χ1v) is 15.1. The number of ketones is 1. The maximum atomic E-state index is 13.8. The van der Waals surface area contributed by atoms with Gasteiger partial charge in [0, 0.05) is 29.4 Å². The van der Waals surface area contributed by atoms with E-state index in [1.54, 1.807) is 24.3 Å². The van der Waals surface area contributed by atoms with Gasteiger partial charge in [0.05, 0.1) is 25.5 Å². The summed E-state index contributed by atoms with van der Waals surface area (Å²) in [4.78, 5) is 45.2. The van der Waals surface area contributed by atoms with E-state index >= 15 is 0 Å². The number of nitrogen functional groups attached to an aromatic ring is 1. The van der Waals surface area contributed by atoms with E-state index in [-0.39, 0.29) is 53.3 Å². The topological polar surface area (TPSA) is 146 Å². The summed E-state index contributed by atoms with van der Waals surface area (Å²) in [6, 6.07) is 6.45. The third-order valence-electron chi connectivity index (χ3n) is 11.3. The Balaban J connectivity index is 1.47. The summed E-state index contributed by atoms with van der Waals surface area (Å²) >= 11 is 0. The highest BCUT2D eigenvalue weighted by atomic mass is 16.5. The lowest BCUT2D eigenvalue weighted by Crippen LogP contribution is -2.63. The van der Waals surface area contributed by atoms with Crippen LogP contribution < -0.4 is 21.5 Å². The molecule has 232 valence electrons. The second-order valence-corrected chi connectivity index (χ2v) is 13.3. The molecule has 0 aliphatic heterocycles. The third kappa shape index (κ3) is 4.83. The van der Waals surface area contributed by atoms with Crippen LogP contribution in [0.1, 0.15) is 75.9 Å². The highest BCUT2D eigenvalue weighted by Gasteiger charge is 2.68. The first-order chi connectivity index (χ1) is 20.3. The van der Waals surface area contributed by atoms with Crippen LogP contribution in [0.2, 0.25) is 0 Å². The average Bonchev–Trinajstić information content (AvgIpc) is 3.34. The maximum Gasteiger partial charge on any atom is 0.344 e. The quantitative estimate of drug-likeness (QED) is 0.320. The van der Waals surface area contributed by atoms with Crippen LogP contribution in [0.4, 0.5) is 5.82 Å². The van der Waals surface area contributed by atoms with Gasteiger partial charge in [-0.05, 0) is 67.2 Å². The number of Topliss-reactive ketones (excluding diaryl/α,β-unsaturated/α-hetero) is 1. The number of anilines is 1. The van der Waals surface area contributed by atoms with Gasteiger partial charge in [-0.1, -0.05) is 33.8 Å². The number of ether oxygens (including phenoxy) is 2. The van der Waals surface area contributed by atoms with E-state index in [2.05, 4.69) is 37.8 Å². The first kappa shape index (κ1) is 30.8. The van der Waals surface area contributed by atoms with Crippen LogP contribution in [0.5, 0.6) is 5.75 Å². The lowest BCUT2D eigenvalue weighted by Gasteiger charge is -2.61. The Hall–Kier alpha value is -3.66. The molecule has 43 heavy (non-hydrogen) atoms. The number of pyridine rings is 2. The average molecular weight is 593 g/mol. The monoisotopic (exact) mass is 592 g/mol. The normalized spacial score (nSPS) is 35.3. The minimum absolute atomic E-state index is 0.0838. The van der Waals surface area contributed by atoms with Crippen molar-refractivity contribution >= 4 is 17.6 Å². The van der Waals surface area contributed by atoms with Crippen LogP contribution in [0, 0.1) is 34.0 Å². The van der Waals surface area contributed by atoms with Crippen molar-refractivity contribution in [2.24, 2.45) is 34.0 Å². The molecule has 3 saturated carbocycles. The van der Waals surface area contributed by atoms with Crippen molar-refractivity contribution in [1.29, 1.82) is 0 Å². The first-order valence-electron chi connectivity index (χ1n) is 15.1.